The fraction of sp³-hybridized carbons (Fsp3) is 0.462. The van der Waals surface area contributed by atoms with E-state index in [9.17, 15) is 4.79 Å². The van der Waals surface area contributed by atoms with Crippen molar-refractivity contribution >= 4 is 23.1 Å². The molecule has 0 radical (unpaired) electrons. The summed E-state index contributed by atoms with van der Waals surface area (Å²) in [6.45, 7) is 6.07. The average Bonchev–Trinajstić information content (AvgIpc) is 3.05. The number of aryl methyl sites for hydroxylation is 2. The predicted molar refractivity (Wildman–Crippen MR) is 77.8 cm³/mol. The first-order chi connectivity index (χ1) is 9.58. The lowest BCUT2D eigenvalue weighted by Gasteiger charge is -2.10. The van der Waals surface area contributed by atoms with E-state index in [-0.39, 0.29) is 18.5 Å². The molecule has 108 valence electrons. The van der Waals surface area contributed by atoms with Crippen LogP contribution in [-0.4, -0.2) is 22.6 Å². The molecule has 2 N–H and O–H groups in total. The Morgan fingerprint density at radius 1 is 1.55 bits per heavy atom. The Morgan fingerprint density at radius 2 is 2.35 bits per heavy atom. The molecule has 1 atom stereocenters. The SMILES string of the molecule is CCc1cnc([C@H](C)NCC(=O)Nc2cc(C)on2)s1. The van der Waals surface area contributed by atoms with E-state index in [0.717, 1.165) is 11.4 Å². The number of hydrogen-bond donors (Lipinski definition) is 2. The van der Waals surface area contributed by atoms with Gasteiger partial charge in [-0.15, -0.1) is 11.3 Å². The van der Waals surface area contributed by atoms with Gasteiger partial charge in [0.2, 0.25) is 5.91 Å². The number of carbonyl (C=O) groups excluding carboxylic acids is 1. The van der Waals surface area contributed by atoms with Gasteiger partial charge in [-0.25, -0.2) is 4.98 Å². The van der Waals surface area contributed by atoms with E-state index >= 15 is 0 Å². The molecule has 0 spiro atoms. The summed E-state index contributed by atoms with van der Waals surface area (Å²) < 4.78 is 4.88. The van der Waals surface area contributed by atoms with Gasteiger partial charge in [-0.3, -0.25) is 10.1 Å². The lowest BCUT2D eigenvalue weighted by atomic mass is 10.3. The lowest BCUT2D eigenvalue weighted by Crippen LogP contribution is -2.30. The highest BCUT2D eigenvalue weighted by Gasteiger charge is 2.12. The number of nitrogens with zero attached hydrogens (tertiary/aromatic N) is 2. The number of rotatable bonds is 6. The van der Waals surface area contributed by atoms with Crippen LogP contribution in [0.4, 0.5) is 5.82 Å². The zero-order valence-corrected chi connectivity index (χ0v) is 12.6. The first-order valence-electron chi connectivity index (χ1n) is 6.49. The number of hydrogen-bond acceptors (Lipinski definition) is 6. The van der Waals surface area contributed by atoms with E-state index in [2.05, 4.69) is 27.7 Å². The molecule has 0 aliphatic rings. The van der Waals surface area contributed by atoms with Gasteiger partial charge in [-0.2, -0.15) is 0 Å². The summed E-state index contributed by atoms with van der Waals surface area (Å²) in [6, 6.07) is 1.72. The smallest absolute Gasteiger partial charge is 0.239 e. The highest BCUT2D eigenvalue weighted by molar-refractivity contribution is 7.11. The second-order valence-corrected chi connectivity index (χ2v) is 5.64. The average molecular weight is 294 g/mol. The number of carbonyl (C=O) groups is 1. The maximum atomic E-state index is 11.7. The third-order valence-electron chi connectivity index (χ3n) is 2.75. The van der Waals surface area contributed by atoms with Crippen molar-refractivity contribution in [1.29, 1.82) is 0 Å². The van der Waals surface area contributed by atoms with Gasteiger partial charge in [0.25, 0.3) is 0 Å². The van der Waals surface area contributed by atoms with Crippen LogP contribution in [0.5, 0.6) is 0 Å². The minimum Gasteiger partial charge on any atom is -0.360 e. The van der Waals surface area contributed by atoms with Gasteiger partial charge >= 0.3 is 0 Å². The second-order valence-electron chi connectivity index (χ2n) is 4.49. The number of anilines is 1. The van der Waals surface area contributed by atoms with Gasteiger partial charge in [0.1, 0.15) is 10.8 Å². The Hall–Kier alpha value is -1.73. The Balaban J connectivity index is 1.80. The number of nitrogens with one attached hydrogen (secondary N) is 2. The zero-order valence-electron chi connectivity index (χ0n) is 11.8. The Kier molecular flexibility index (Phi) is 4.86. The summed E-state index contributed by atoms with van der Waals surface area (Å²) in [6.07, 6.45) is 2.87. The molecule has 1 amide bonds. The minimum atomic E-state index is -0.155. The van der Waals surface area contributed by atoms with E-state index in [1.807, 2.05) is 13.1 Å². The van der Waals surface area contributed by atoms with Crippen molar-refractivity contribution in [2.45, 2.75) is 33.2 Å². The van der Waals surface area contributed by atoms with Crippen LogP contribution in [0.1, 0.15) is 35.5 Å². The highest BCUT2D eigenvalue weighted by atomic mass is 32.1. The molecule has 6 nitrogen and oxygen atoms in total. The number of aromatic nitrogens is 2. The van der Waals surface area contributed by atoms with E-state index in [4.69, 9.17) is 4.52 Å². The van der Waals surface area contributed by atoms with Crippen molar-refractivity contribution in [2.24, 2.45) is 0 Å². The molecule has 0 saturated heterocycles. The monoisotopic (exact) mass is 294 g/mol. The van der Waals surface area contributed by atoms with Crippen LogP contribution in [-0.2, 0) is 11.2 Å². The molecular formula is C13H18N4O2S. The molecule has 0 bridgehead atoms. The molecule has 0 fully saturated rings. The highest BCUT2D eigenvalue weighted by Crippen LogP contribution is 2.19. The van der Waals surface area contributed by atoms with E-state index in [0.29, 0.717) is 11.6 Å². The van der Waals surface area contributed by atoms with Gasteiger partial charge in [0, 0.05) is 17.1 Å². The fourth-order valence-corrected chi connectivity index (χ4v) is 2.52. The van der Waals surface area contributed by atoms with Gasteiger partial charge in [0.05, 0.1) is 12.6 Å². The van der Waals surface area contributed by atoms with Gasteiger partial charge in [-0.1, -0.05) is 12.1 Å². The van der Waals surface area contributed by atoms with Gasteiger partial charge < -0.3 is 9.84 Å². The van der Waals surface area contributed by atoms with Crippen LogP contribution >= 0.6 is 11.3 Å². The molecule has 0 aromatic carbocycles. The van der Waals surface area contributed by atoms with E-state index in [1.165, 1.54) is 4.88 Å². The summed E-state index contributed by atoms with van der Waals surface area (Å²) in [4.78, 5) is 17.3. The molecule has 7 heteroatoms. The molecule has 2 aromatic heterocycles. The Labute approximate surface area is 121 Å². The molecule has 2 heterocycles. The van der Waals surface area contributed by atoms with Crippen LogP contribution in [0.15, 0.2) is 16.8 Å². The van der Waals surface area contributed by atoms with E-state index in [1.54, 1.807) is 24.3 Å². The molecule has 20 heavy (non-hydrogen) atoms. The van der Waals surface area contributed by atoms with Crippen molar-refractivity contribution in [2.75, 3.05) is 11.9 Å². The normalized spacial score (nSPS) is 12.3. The third-order valence-corrected chi connectivity index (χ3v) is 4.08. The van der Waals surface area contributed by atoms with Gasteiger partial charge in [0.15, 0.2) is 5.82 Å². The number of amides is 1. The molecule has 0 aliphatic carbocycles. The van der Waals surface area contributed by atoms with Crippen LogP contribution < -0.4 is 10.6 Å². The summed E-state index contributed by atoms with van der Waals surface area (Å²) in [5.41, 5.74) is 0. The summed E-state index contributed by atoms with van der Waals surface area (Å²) in [7, 11) is 0. The first kappa shape index (κ1) is 14.7. The fourth-order valence-electron chi connectivity index (χ4n) is 1.63. The van der Waals surface area contributed by atoms with Crippen molar-refractivity contribution in [3.05, 3.63) is 27.9 Å². The number of thiazole rings is 1. The summed E-state index contributed by atoms with van der Waals surface area (Å²) in [5.74, 6) is 0.943. The van der Waals surface area contributed by atoms with Crippen molar-refractivity contribution < 1.29 is 9.32 Å². The molecule has 0 saturated carbocycles. The van der Waals surface area contributed by atoms with E-state index < -0.39 is 0 Å². The molecule has 0 unspecified atom stereocenters. The maximum absolute atomic E-state index is 11.7. The van der Waals surface area contributed by atoms with Crippen LogP contribution in [0.25, 0.3) is 0 Å². The quantitative estimate of drug-likeness (QED) is 0.854. The summed E-state index contributed by atoms with van der Waals surface area (Å²) >= 11 is 1.67. The lowest BCUT2D eigenvalue weighted by molar-refractivity contribution is -0.115. The first-order valence-corrected chi connectivity index (χ1v) is 7.31. The van der Waals surface area contributed by atoms with Crippen LogP contribution in [0.2, 0.25) is 0 Å². The Bertz CT molecular complexity index is 578. The largest absolute Gasteiger partial charge is 0.360 e. The molecule has 2 rings (SSSR count). The second kappa shape index (κ2) is 6.62. The molecular weight excluding hydrogens is 276 g/mol. The summed E-state index contributed by atoms with van der Waals surface area (Å²) in [5, 5.41) is 10.5. The topological polar surface area (TPSA) is 80.0 Å². The van der Waals surface area contributed by atoms with Crippen molar-refractivity contribution in [3.63, 3.8) is 0 Å². The van der Waals surface area contributed by atoms with Crippen LogP contribution in [0.3, 0.4) is 0 Å². The molecule has 0 aliphatic heterocycles. The van der Waals surface area contributed by atoms with Crippen molar-refractivity contribution in [3.8, 4) is 0 Å². The van der Waals surface area contributed by atoms with Gasteiger partial charge in [-0.05, 0) is 20.3 Å². The van der Waals surface area contributed by atoms with Crippen LogP contribution in [0, 0.1) is 6.92 Å². The standard InChI is InChI=1S/C13H18N4O2S/c1-4-10-6-15-13(20-10)9(3)14-7-12(18)16-11-5-8(2)19-17-11/h5-6,9,14H,4,7H2,1-3H3,(H,16,17,18)/t9-/m0/s1. The maximum Gasteiger partial charge on any atom is 0.239 e. The Morgan fingerprint density at radius 3 is 2.95 bits per heavy atom. The zero-order chi connectivity index (χ0) is 14.5. The molecule has 2 aromatic rings. The van der Waals surface area contributed by atoms with Crippen molar-refractivity contribution in [1.82, 2.24) is 15.5 Å². The predicted octanol–water partition coefficient (Wildman–Crippen LogP) is 2.29. The minimum absolute atomic E-state index is 0.0464. The third kappa shape index (κ3) is 3.88.